The molecule has 76 heavy (non-hydrogen) atoms. The molecule has 4 aliphatic rings. The molecule has 2 fully saturated rings. The molecule has 3 aromatic carbocycles. The first kappa shape index (κ1) is 55.7. The summed E-state index contributed by atoms with van der Waals surface area (Å²) in [5.74, 6) is -2.79. The Kier molecular flexibility index (Phi) is 19.1. The zero-order valence-corrected chi connectivity index (χ0v) is 43.3. The van der Waals surface area contributed by atoms with Crippen LogP contribution in [0.2, 0.25) is 0 Å². The lowest BCUT2D eigenvalue weighted by molar-refractivity contribution is -0.149. The van der Waals surface area contributed by atoms with Crippen molar-refractivity contribution in [3.8, 4) is 22.3 Å². The van der Waals surface area contributed by atoms with Crippen LogP contribution < -0.4 is 16.4 Å². The number of imide groups is 2. The highest BCUT2D eigenvalue weighted by Crippen LogP contribution is 2.36. The molecule has 1 aromatic heterocycles. The Morgan fingerprint density at radius 1 is 0.776 bits per heavy atom. The van der Waals surface area contributed by atoms with Crippen LogP contribution in [0.25, 0.3) is 22.3 Å². The molecule has 8 rings (SSSR count). The number of carbonyl (C=O) groups is 6. The topological polar surface area (TPSA) is 255 Å². The first-order valence-electron chi connectivity index (χ1n) is 25.7. The van der Waals surface area contributed by atoms with Crippen molar-refractivity contribution in [3.63, 3.8) is 0 Å². The zero-order chi connectivity index (χ0) is 53.8. The lowest BCUT2D eigenvalue weighted by Crippen LogP contribution is -2.54. The number of ether oxygens (including phenoxy) is 5. The first-order valence-corrected chi connectivity index (χ1v) is 27.1. The fourth-order valence-electron chi connectivity index (χ4n) is 9.40. The number of likely N-dealkylation sites (tertiary alicyclic amines) is 1. The molecule has 1 saturated carbocycles. The predicted octanol–water partition coefficient (Wildman–Crippen LogP) is 3.93. The average molecular weight is 1070 g/mol. The number of piperidine rings is 1. The molecule has 0 spiro atoms. The van der Waals surface area contributed by atoms with E-state index < -0.39 is 39.6 Å². The number of amides is 6. The van der Waals surface area contributed by atoms with Gasteiger partial charge in [0.05, 0.1) is 75.5 Å². The summed E-state index contributed by atoms with van der Waals surface area (Å²) in [6, 6.07) is 14.8. The van der Waals surface area contributed by atoms with E-state index in [0.717, 1.165) is 27.0 Å². The van der Waals surface area contributed by atoms with E-state index in [1.54, 1.807) is 36.4 Å². The third-order valence-electron chi connectivity index (χ3n) is 13.6. The molecule has 6 amide bonds. The van der Waals surface area contributed by atoms with Gasteiger partial charge in [0.25, 0.3) is 23.6 Å². The Labute approximate surface area is 440 Å². The highest BCUT2D eigenvalue weighted by molar-refractivity contribution is 7.89. The van der Waals surface area contributed by atoms with Crippen molar-refractivity contribution in [2.75, 3.05) is 98.5 Å². The Bertz CT molecular complexity index is 2920. The van der Waals surface area contributed by atoms with E-state index in [2.05, 4.69) is 15.6 Å². The van der Waals surface area contributed by atoms with Gasteiger partial charge in [-0.25, -0.2) is 17.8 Å². The maximum absolute atomic E-state index is 15.8. The highest BCUT2D eigenvalue weighted by Gasteiger charge is 2.47. The number of nitrogens with zero attached hydrogens (tertiary/aromatic N) is 4. The van der Waals surface area contributed by atoms with Crippen molar-refractivity contribution < 1.29 is 65.3 Å². The van der Waals surface area contributed by atoms with E-state index in [0.29, 0.717) is 126 Å². The van der Waals surface area contributed by atoms with E-state index in [-0.39, 0.29) is 91.2 Å². The maximum atomic E-state index is 15.8. The fourth-order valence-corrected chi connectivity index (χ4v) is 11.1. The van der Waals surface area contributed by atoms with Gasteiger partial charge in [-0.05, 0) is 92.0 Å². The second-order valence-electron chi connectivity index (χ2n) is 18.8. The number of nitrogens with one attached hydrogen (secondary N) is 2. The zero-order valence-electron chi connectivity index (χ0n) is 42.5. The minimum atomic E-state index is -4.05. The monoisotopic (exact) mass is 1070 g/mol. The van der Waals surface area contributed by atoms with Gasteiger partial charge in [0.2, 0.25) is 21.8 Å². The summed E-state index contributed by atoms with van der Waals surface area (Å²) in [4.78, 5) is 82.0. The summed E-state index contributed by atoms with van der Waals surface area (Å²) in [6.07, 6.45) is 5.27. The van der Waals surface area contributed by atoms with Crippen molar-refractivity contribution in [1.29, 1.82) is 0 Å². The molecule has 0 bridgehead atoms. The smallest absolute Gasteiger partial charge is 0.262 e. The molecule has 0 radical (unpaired) electrons. The van der Waals surface area contributed by atoms with Gasteiger partial charge in [-0.2, -0.15) is 4.31 Å². The van der Waals surface area contributed by atoms with E-state index in [1.165, 1.54) is 29.7 Å². The predicted molar refractivity (Wildman–Crippen MR) is 275 cm³/mol. The van der Waals surface area contributed by atoms with Crippen LogP contribution in [-0.2, 0) is 60.9 Å². The highest BCUT2D eigenvalue weighted by atomic mass is 32.2. The van der Waals surface area contributed by atoms with E-state index >= 15 is 4.39 Å². The first-order chi connectivity index (χ1) is 36.7. The number of aromatic nitrogens is 1. The van der Waals surface area contributed by atoms with Crippen molar-refractivity contribution in [1.82, 2.24) is 29.7 Å². The quantitative estimate of drug-likeness (QED) is 0.0515. The number of hydrogen-bond donors (Lipinski definition) is 3. The largest absolute Gasteiger partial charge is 0.383 e. The maximum Gasteiger partial charge on any atom is 0.262 e. The minimum absolute atomic E-state index is 0.0837. The standard InChI is InChI=1S/C54H64FN7O13S/c1-60-48(64)15-14-46(53(60)67)62-52(66)43-7-2-5-35(49(43)54(62)68)6-3-21-71-23-25-73-27-29-75-30-28-74-26-24-72-22-17-47(63)57-18-4-20-61(39-9-10-39)76(69,70)40-11-13-41(45(55)33-40)38-32-44(50(56)59-34-38)36-8-12-42-37(31-36)16-19-58-51(42)65/h2,5,7-8,11-13,31-34,39,46H,3-4,6,9-10,14-30H2,1H3,(H2,56,59)(H,57,63)(H,58,65). The molecular weight excluding hydrogens is 1010 g/mol. The third kappa shape index (κ3) is 13.5. The van der Waals surface area contributed by atoms with Crippen LogP contribution >= 0.6 is 0 Å². The van der Waals surface area contributed by atoms with Gasteiger partial charge in [-0.1, -0.05) is 30.3 Å². The molecule has 406 valence electrons. The van der Waals surface area contributed by atoms with Crippen LogP contribution in [0.1, 0.15) is 87.1 Å². The Morgan fingerprint density at radius 3 is 2.16 bits per heavy atom. The van der Waals surface area contributed by atoms with E-state index in [9.17, 15) is 37.2 Å². The number of nitrogen functional groups attached to an aromatic ring is 1. The lowest BCUT2D eigenvalue weighted by atomic mass is 9.94. The number of likely N-dealkylation sites (N-methyl/N-ethyl adjacent to an activating group) is 1. The van der Waals surface area contributed by atoms with Crippen molar-refractivity contribution >= 4 is 51.3 Å². The molecular formula is C54H64FN7O13S. The Hall–Kier alpha value is -6.53. The number of rotatable bonds is 29. The summed E-state index contributed by atoms with van der Waals surface area (Å²) in [6.45, 7) is 4.31. The molecule has 1 atom stereocenters. The number of carbonyl (C=O) groups excluding carboxylic acids is 6. The summed E-state index contributed by atoms with van der Waals surface area (Å²) < 4.78 is 72.6. The molecule has 22 heteroatoms. The molecule has 20 nitrogen and oxygen atoms in total. The number of pyridine rings is 1. The van der Waals surface area contributed by atoms with E-state index in [4.69, 9.17) is 29.4 Å². The second-order valence-corrected chi connectivity index (χ2v) is 20.7. The van der Waals surface area contributed by atoms with Gasteiger partial charge in [0.15, 0.2) is 0 Å². The summed E-state index contributed by atoms with van der Waals surface area (Å²) in [7, 11) is -2.69. The molecule has 1 aliphatic carbocycles. The molecule has 3 aliphatic heterocycles. The van der Waals surface area contributed by atoms with Crippen molar-refractivity contribution in [3.05, 3.63) is 100 Å². The molecule has 1 unspecified atom stereocenters. The normalized spacial score (nSPS) is 16.6. The number of anilines is 1. The Morgan fingerprint density at radius 2 is 1.46 bits per heavy atom. The van der Waals surface area contributed by atoms with Crippen molar-refractivity contribution in [2.24, 2.45) is 0 Å². The van der Waals surface area contributed by atoms with Gasteiger partial charge in [0.1, 0.15) is 17.7 Å². The number of fused-ring (bicyclic) bond motifs is 2. The minimum Gasteiger partial charge on any atom is -0.383 e. The fraction of sp³-hybridized carbons (Fsp3) is 0.463. The molecule has 4 N–H and O–H groups in total. The van der Waals surface area contributed by atoms with Crippen LogP contribution in [0.3, 0.4) is 0 Å². The van der Waals surface area contributed by atoms with Crippen LogP contribution in [0.15, 0.2) is 71.8 Å². The SMILES string of the molecule is CN1C(=O)CCC(N2C(=O)c3cccc(CCCOCCOCCOCCOCCOCCC(=O)NCCCN(C4CC4)S(=O)(=O)c4ccc(-c5cnc(N)c(-c6ccc7c(c6)CCNC7=O)c5)c(F)c4)c3C2=O)C1=O. The molecule has 1 saturated heterocycles. The molecule has 4 heterocycles. The van der Waals surface area contributed by atoms with Gasteiger partial charge in [0, 0.05) is 80.6 Å². The van der Waals surface area contributed by atoms with Crippen LogP contribution in [-0.4, -0.2) is 168 Å². The summed E-state index contributed by atoms with van der Waals surface area (Å²) in [5, 5.41) is 5.63. The third-order valence-corrected chi connectivity index (χ3v) is 15.6. The molecule has 4 aromatic rings. The van der Waals surface area contributed by atoms with Crippen LogP contribution in [0, 0.1) is 5.82 Å². The number of aryl methyl sites for hydroxylation is 1. The average Bonchev–Trinajstić information content (AvgIpc) is 4.23. The summed E-state index contributed by atoms with van der Waals surface area (Å²) >= 11 is 0. The van der Waals surface area contributed by atoms with Gasteiger partial charge in [-0.15, -0.1) is 0 Å². The van der Waals surface area contributed by atoms with Crippen LogP contribution in [0.5, 0.6) is 0 Å². The van der Waals surface area contributed by atoms with E-state index in [1.807, 2.05) is 6.07 Å². The van der Waals surface area contributed by atoms with Gasteiger partial charge >= 0.3 is 0 Å². The van der Waals surface area contributed by atoms with Gasteiger partial charge in [-0.3, -0.25) is 38.6 Å². The van der Waals surface area contributed by atoms with Crippen LogP contribution in [0.4, 0.5) is 10.2 Å². The number of nitrogens with two attached hydrogens (primary N) is 1. The van der Waals surface area contributed by atoms with Gasteiger partial charge < -0.3 is 40.1 Å². The second kappa shape index (κ2) is 26.0. The number of halogens is 1. The number of sulfonamides is 1. The lowest BCUT2D eigenvalue weighted by Gasteiger charge is -2.32. The van der Waals surface area contributed by atoms with Crippen molar-refractivity contribution in [2.45, 2.75) is 74.8 Å². The number of benzene rings is 3. The number of hydrogen-bond acceptors (Lipinski definition) is 15. The summed E-state index contributed by atoms with van der Waals surface area (Å²) in [5.41, 5.74) is 10.9. The Balaban J connectivity index is 0.633.